The predicted molar refractivity (Wildman–Crippen MR) is 120 cm³/mol. The number of hydrogen-bond donors (Lipinski definition) is 1. The topological polar surface area (TPSA) is 70.5 Å². The molecule has 1 fully saturated rings. The van der Waals surface area contributed by atoms with E-state index in [-0.39, 0.29) is 5.91 Å². The fourth-order valence-corrected chi connectivity index (χ4v) is 5.29. The normalized spacial score (nSPS) is 22.9. The first-order chi connectivity index (χ1) is 14.7. The average molecular weight is 416 g/mol. The number of nitrogens with one attached hydrogen (secondary N) is 1. The standard InChI is InChI=1S/C23H21N5OS/c29-20(17-8-3-1-4-9-17)26-22-27-23(18-10-5-2-6-11-18)16-28(14-19(23)15-30-22)21-24-12-7-13-25-21/h1-13,19H,14-16H2,(H,26,27,29)/t19-,23+/m0/s1. The summed E-state index contributed by atoms with van der Waals surface area (Å²) in [5, 5.41) is 3.69. The molecule has 150 valence electrons. The lowest BCUT2D eigenvalue weighted by Gasteiger charge is -2.35. The Morgan fingerprint density at radius 2 is 1.70 bits per heavy atom. The van der Waals surface area contributed by atoms with Crippen molar-refractivity contribution in [2.24, 2.45) is 10.9 Å². The SMILES string of the molecule is O=C(NC1=N[C@@]2(c3ccccc3)CN(c3ncccn3)C[C@H]2CS1)c1ccccc1. The van der Waals surface area contributed by atoms with Gasteiger partial charge in [0.2, 0.25) is 5.95 Å². The highest BCUT2D eigenvalue weighted by Gasteiger charge is 2.51. The fourth-order valence-electron chi connectivity index (χ4n) is 4.16. The summed E-state index contributed by atoms with van der Waals surface area (Å²) in [5.41, 5.74) is 1.34. The van der Waals surface area contributed by atoms with Crippen LogP contribution in [-0.4, -0.2) is 39.9 Å². The zero-order chi connectivity index (χ0) is 20.4. The zero-order valence-electron chi connectivity index (χ0n) is 16.3. The highest BCUT2D eigenvalue weighted by atomic mass is 32.2. The van der Waals surface area contributed by atoms with Gasteiger partial charge in [-0.25, -0.2) is 15.0 Å². The molecule has 0 spiro atoms. The second-order valence-corrected chi connectivity index (χ2v) is 8.47. The van der Waals surface area contributed by atoms with E-state index >= 15 is 0 Å². The van der Waals surface area contributed by atoms with Gasteiger partial charge in [0.15, 0.2) is 5.17 Å². The van der Waals surface area contributed by atoms with Crippen LogP contribution in [0.3, 0.4) is 0 Å². The Kier molecular flexibility index (Phi) is 4.96. The molecular formula is C23H21N5OS. The number of thioether (sulfide) groups is 1. The molecule has 2 aliphatic heterocycles. The number of amidine groups is 1. The van der Waals surface area contributed by atoms with E-state index in [1.165, 1.54) is 0 Å². The summed E-state index contributed by atoms with van der Waals surface area (Å²) in [6, 6.07) is 21.4. The molecule has 7 heteroatoms. The molecule has 3 heterocycles. The van der Waals surface area contributed by atoms with Gasteiger partial charge in [0, 0.05) is 36.2 Å². The van der Waals surface area contributed by atoms with Gasteiger partial charge >= 0.3 is 0 Å². The summed E-state index contributed by atoms with van der Waals surface area (Å²) >= 11 is 1.60. The highest BCUT2D eigenvalue weighted by Crippen LogP contribution is 2.46. The average Bonchev–Trinajstić information content (AvgIpc) is 3.21. The predicted octanol–water partition coefficient (Wildman–Crippen LogP) is 3.34. The van der Waals surface area contributed by atoms with E-state index in [9.17, 15) is 4.79 Å². The lowest BCUT2D eigenvalue weighted by molar-refractivity contribution is 0.0977. The van der Waals surface area contributed by atoms with E-state index in [0.717, 1.165) is 23.8 Å². The van der Waals surface area contributed by atoms with Gasteiger partial charge in [-0.1, -0.05) is 60.3 Å². The van der Waals surface area contributed by atoms with Crippen LogP contribution < -0.4 is 10.2 Å². The van der Waals surface area contributed by atoms with Crippen LogP contribution in [-0.2, 0) is 5.54 Å². The third kappa shape index (κ3) is 3.45. The molecule has 5 rings (SSSR count). The van der Waals surface area contributed by atoms with Gasteiger partial charge in [-0.05, 0) is 23.8 Å². The molecule has 1 saturated heterocycles. The van der Waals surface area contributed by atoms with E-state index in [1.807, 2.05) is 54.6 Å². The molecule has 2 aromatic carbocycles. The number of benzene rings is 2. The first-order valence-corrected chi connectivity index (χ1v) is 10.9. The largest absolute Gasteiger partial charge is 0.338 e. The molecule has 6 nitrogen and oxygen atoms in total. The number of rotatable bonds is 3. The smallest absolute Gasteiger partial charge is 0.257 e. The van der Waals surface area contributed by atoms with Crippen LogP contribution in [0.5, 0.6) is 0 Å². The molecule has 3 aromatic rings. The molecule has 1 amide bonds. The maximum absolute atomic E-state index is 12.7. The highest BCUT2D eigenvalue weighted by molar-refractivity contribution is 8.13. The Labute approximate surface area is 179 Å². The van der Waals surface area contributed by atoms with E-state index in [1.54, 1.807) is 24.2 Å². The first-order valence-electron chi connectivity index (χ1n) is 9.91. The maximum Gasteiger partial charge on any atom is 0.257 e. The Balaban J connectivity index is 1.49. The lowest BCUT2D eigenvalue weighted by atomic mass is 9.82. The van der Waals surface area contributed by atoms with Gasteiger partial charge in [-0.3, -0.25) is 4.79 Å². The van der Waals surface area contributed by atoms with E-state index in [2.05, 4.69) is 32.3 Å². The third-order valence-corrected chi connectivity index (χ3v) is 6.67. The van der Waals surface area contributed by atoms with Gasteiger partial charge in [-0.15, -0.1) is 0 Å². The first kappa shape index (κ1) is 18.8. The van der Waals surface area contributed by atoms with Crippen molar-refractivity contribution in [1.29, 1.82) is 0 Å². The molecule has 0 bridgehead atoms. The van der Waals surface area contributed by atoms with Crippen molar-refractivity contribution in [1.82, 2.24) is 15.3 Å². The number of nitrogens with zero attached hydrogens (tertiary/aromatic N) is 4. The van der Waals surface area contributed by atoms with Crippen molar-refractivity contribution in [2.75, 3.05) is 23.7 Å². The van der Waals surface area contributed by atoms with Gasteiger partial charge in [0.05, 0.1) is 6.54 Å². The van der Waals surface area contributed by atoms with E-state index in [0.29, 0.717) is 23.2 Å². The van der Waals surface area contributed by atoms with Crippen LogP contribution in [0.4, 0.5) is 5.95 Å². The van der Waals surface area contributed by atoms with Crippen molar-refractivity contribution in [3.05, 3.63) is 90.3 Å². The van der Waals surface area contributed by atoms with Crippen LogP contribution in [0.2, 0.25) is 0 Å². The minimum Gasteiger partial charge on any atom is -0.338 e. The molecule has 0 unspecified atom stereocenters. The number of amides is 1. The van der Waals surface area contributed by atoms with Gasteiger partial charge in [-0.2, -0.15) is 0 Å². The van der Waals surface area contributed by atoms with Crippen LogP contribution in [0.25, 0.3) is 0 Å². The number of anilines is 1. The molecule has 0 radical (unpaired) electrons. The Bertz CT molecular complexity index is 1060. The molecule has 0 saturated carbocycles. The van der Waals surface area contributed by atoms with E-state index in [4.69, 9.17) is 4.99 Å². The summed E-state index contributed by atoms with van der Waals surface area (Å²) in [6.07, 6.45) is 3.53. The minimum absolute atomic E-state index is 0.134. The van der Waals surface area contributed by atoms with Crippen molar-refractivity contribution < 1.29 is 4.79 Å². The number of hydrogen-bond acceptors (Lipinski definition) is 6. The number of aliphatic imine (C=N–C) groups is 1. The summed E-state index contributed by atoms with van der Waals surface area (Å²) in [4.78, 5) is 28.9. The van der Waals surface area contributed by atoms with Crippen LogP contribution in [0.1, 0.15) is 15.9 Å². The monoisotopic (exact) mass is 415 g/mol. The van der Waals surface area contributed by atoms with Crippen LogP contribution >= 0.6 is 11.8 Å². The molecular weight excluding hydrogens is 394 g/mol. The number of aromatic nitrogens is 2. The number of fused-ring (bicyclic) bond motifs is 1. The summed E-state index contributed by atoms with van der Waals surface area (Å²) < 4.78 is 0. The van der Waals surface area contributed by atoms with Crippen molar-refractivity contribution in [2.45, 2.75) is 5.54 Å². The summed E-state index contributed by atoms with van der Waals surface area (Å²) in [7, 11) is 0. The quantitative estimate of drug-likeness (QED) is 0.710. The number of carbonyl (C=O) groups excluding carboxylic acids is 1. The lowest BCUT2D eigenvalue weighted by Crippen LogP contribution is -2.42. The van der Waals surface area contributed by atoms with Crippen molar-refractivity contribution in [3.63, 3.8) is 0 Å². The van der Waals surface area contributed by atoms with Gasteiger partial charge in [0.1, 0.15) is 5.54 Å². The third-order valence-electron chi connectivity index (χ3n) is 5.64. The van der Waals surface area contributed by atoms with Crippen molar-refractivity contribution >= 4 is 28.8 Å². The van der Waals surface area contributed by atoms with E-state index < -0.39 is 5.54 Å². The van der Waals surface area contributed by atoms with Crippen LogP contribution in [0, 0.1) is 5.92 Å². The Morgan fingerprint density at radius 1 is 1.00 bits per heavy atom. The second kappa shape index (κ2) is 7.91. The Hall–Kier alpha value is -3.19. The molecule has 2 atom stereocenters. The summed E-state index contributed by atoms with van der Waals surface area (Å²) in [5.74, 6) is 1.75. The molecule has 0 aliphatic carbocycles. The minimum atomic E-state index is -0.439. The molecule has 30 heavy (non-hydrogen) atoms. The molecule has 1 aromatic heterocycles. The van der Waals surface area contributed by atoms with Crippen molar-refractivity contribution in [3.8, 4) is 0 Å². The number of carbonyl (C=O) groups is 1. The van der Waals surface area contributed by atoms with Gasteiger partial charge < -0.3 is 10.2 Å². The zero-order valence-corrected chi connectivity index (χ0v) is 17.1. The second-order valence-electron chi connectivity index (χ2n) is 7.46. The van der Waals surface area contributed by atoms with Crippen LogP contribution in [0.15, 0.2) is 84.1 Å². The van der Waals surface area contributed by atoms with Gasteiger partial charge in [0.25, 0.3) is 5.91 Å². The summed E-state index contributed by atoms with van der Waals surface area (Å²) in [6.45, 7) is 1.51. The Morgan fingerprint density at radius 3 is 2.43 bits per heavy atom. The molecule has 2 aliphatic rings. The molecule has 1 N–H and O–H groups in total. The fraction of sp³-hybridized carbons (Fsp3) is 0.217. The maximum atomic E-state index is 12.7.